The summed E-state index contributed by atoms with van der Waals surface area (Å²) >= 11 is 6.11. The minimum atomic E-state index is -0.461. The quantitative estimate of drug-likeness (QED) is 0.809. The van der Waals surface area contributed by atoms with Gasteiger partial charge in [-0.15, -0.1) is 0 Å². The smallest absolute Gasteiger partial charge is 0.407 e. The Morgan fingerprint density at radius 1 is 1.30 bits per heavy atom. The van der Waals surface area contributed by atoms with Crippen LogP contribution in [0.4, 0.5) is 10.5 Å². The first-order valence-electron chi connectivity index (χ1n) is 6.75. The standard InChI is InChI=1S/C15H23ClN2O2/c1-11-7-5-8-12(16)13(11)17-9-6-10-18-14(19)20-15(2,3)4/h5,7-8,17H,6,9-10H2,1-4H3,(H,18,19). The summed E-state index contributed by atoms with van der Waals surface area (Å²) in [6.07, 6.45) is 0.413. The molecule has 0 aliphatic rings. The van der Waals surface area contributed by atoms with Gasteiger partial charge in [-0.3, -0.25) is 0 Å². The number of carbonyl (C=O) groups is 1. The van der Waals surface area contributed by atoms with Crippen molar-refractivity contribution in [1.29, 1.82) is 0 Å². The highest BCUT2D eigenvalue weighted by Gasteiger charge is 2.15. The first-order valence-corrected chi connectivity index (χ1v) is 7.13. The molecule has 0 radical (unpaired) electrons. The van der Waals surface area contributed by atoms with Crippen molar-refractivity contribution in [2.24, 2.45) is 0 Å². The Bertz CT molecular complexity index is 435. The summed E-state index contributed by atoms with van der Waals surface area (Å²) in [4.78, 5) is 11.4. The van der Waals surface area contributed by atoms with Gasteiger partial charge < -0.3 is 15.4 Å². The number of benzene rings is 1. The first-order chi connectivity index (χ1) is 9.29. The number of nitrogens with one attached hydrogen (secondary N) is 2. The van der Waals surface area contributed by atoms with Crippen LogP contribution in [-0.4, -0.2) is 24.8 Å². The predicted octanol–water partition coefficient (Wildman–Crippen LogP) is 3.98. The molecule has 4 nitrogen and oxygen atoms in total. The molecule has 0 spiro atoms. The van der Waals surface area contributed by atoms with Crippen molar-refractivity contribution in [3.63, 3.8) is 0 Å². The van der Waals surface area contributed by atoms with Gasteiger partial charge in [0.25, 0.3) is 0 Å². The third kappa shape index (κ3) is 6.15. The average molecular weight is 299 g/mol. The second-order valence-electron chi connectivity index (χ2n) is 5.64. The maximum Gasteiger partial charge on any atom is 0.407 e. The number of ether oxygens (including phenoxy) is 1. The molecule has 112 valence electrons. The molecular formula is C15H23ClN2O2. The number of anilines is 1. The number of halogens is 1. The van der Waals surface area contributed by atoms with E-state index in [1.807, 2.05) is 45.9 Å². The minimum absolute atomic E-state index is 0.383. The molecule has 0 aromatic heterocycles. The number of aryl methyl sites for hydroxylation is 1. The number of hydrogen-bond acceptors (Lipinski definition) is 3. The van der Waals surface area contributed by atoms with Crippen LogP contribution < -0.4 is 10.6 Å². The van der Waals surface area contributed by atoms with Crippen LogP contribution in [0.3, 0.4) is 0 Å². The van der Waals surface area contributed by atoms with Gasteiger partial charge in [0.2, 0.25) is 0 Å². The van der Waals surface area contributed by atoms with E-state index >= 15 is 0 Å². The molecule has 0 saturated heterocycles. The summed E-state index contributed by atoms with van der Waals surface area (Å²) in [6.45, 7) is 8.83. The molecule has 0 unspecified atom stereocenters. The fourth-order valence-electron chi connectivity index (χ4n) is 1.66. The van der Waals surface area contributed by atoms with Gasteiger partial charge in [-0.05, 0) is 45.7 Å². The lowest BCUT2D eigenvalue weighted by Crippen LogP contribution is -2.33. The number of carbonyl (C=O) groups excluding carboxylic acids is 1. The van der Waals surface area contributed by atoms with Gasteiger partial charge in [-0.25, -0.2) is 4.79 Å². The number of para-hydroxylation sites is 1. The Kier molecular flexibility index (Phi) is 6.14. The van der Waals surface area contributed by atoms with Crippen molar-refractivity contribution in [3.05, 3.63) is 28.8 Å². The first kappa shape index (κ1) is 16.6. The molecule has 0 atom stereocenters. The molecule has 0 fully saturated rings. The van der Waals surface area contributed by atoms with Crippen molar-refractivity contribution in [1.82, 2.24) is 5.32 Å². The van der Waals surface area contributed by atoms with Gasteiger partial charge in [0.1, 0.15) is 5.60 Å². The Morgan fingerprint density at radius 2 is 2.00 bits per heavy atom. The Morgan fingerprint density at radius 3 is 2.60 bits per heavy atom. The van der Waals surface area contributed by atoms with Gasteiger partial charge in [0, 0.05) is 13.1 Å². The topological polar surface area (TPSA) is 50.4 Å². The largest absolute Gasteiger partial charge is 0.444 e. The van der Waals surface area contributed by atoms with Gasteiger partial charge >= 0.3 is 6.09 Å². The number of rotatable bonds is 5. The normalized spacial score (nSPS) is 11.1. The van der Waals surface area contributed by atoms with E-state index in [9.17, 15) is 4.79 Å². The van der Waals surface area contributed by atoms with E-state index in [0.717, 1.165) is 24.2 Å². The monoisotopic (exact) mass is 298 g/mol. The number of alkyl carbamates (subject to hydrolysis) is 1. The van der Waals surface area contributed by atoms with Gasteiger partial charge in [0.15, 0.2) is 0 Å². The SMILES string of the molecule is Cc1cccc(Cl)c1NCCCNC(=O)OC(C)(C)C. The molecule has 1 amide bonds. The molecule has 1 aromatic rings. The molecule has 2 N–H and O–H groups in total. The zero-order chi connectivity index (χ0) is 15.2. The van der Waals surface area contributed by atoms with Crippen molar-refractivity contribution in [2.75, 3.05) is 18.4 Å². The summed E-state index contributed by atoms with van der Waals surface area (Å²) in [5.74, 6) is 0. The molecule has 1 rings (SSSR count). The van der Waals surface area contributed by atoms with Crippen LogP contribution >= 0.6 is 11.6 Å². The molecule has 0 aliphatic heterocycles. The van der Waals surface area contributed by atoms with Gasteiger partial charge in [0.05, 0.1) is 10.7 Å². The van der Waals surface area contributed by atoms with Crippen LogP contribution in [0.2, 0.25) is 5.02 Å². The molecule has 0 aliphatic carbocycles. The molecular weight excluding hydrogens is 276 g/mol. The van der Waals surface area contributed by atoms with E-state index in [1.54, 1.807) is 0 Å². The highest BCUT2D eigenvalue weighted by atomic mass is 35.5. The third-order valence-corrected chi connectivity index (χ3v) is 2.86. The van der Waals surface area contributed by atoms with Crippen LogP contribution in [0.1, 0.15) is 32.8 Å². The molecule has 0 bridgehead atoms. The van der Waals surface area contributed by atoms with E-state index in [0.29, 0.717) is 11.6 Å². The van der Waals surface area contributed by atoms with Crippen LogP contribution in [0, 0.1) is 6.92 Å². The minimum Gasteiger partial charge on any atom is -0.444 e. The fraction of sp³-hybridized carbons (Fsp3) is 0.533. The maximum absolute atomic E-state index is 11.4. The zero-order valence-corrected chi connectivity index (χ0v) is 13.3. The van der Waals surface area contributed by atoms with Crippen molar-refractivity contribution >= 4 is 23.4 Å². The van der Waals surface area contributed by atoms with Crippen LogP contribution in [-0.2, 0) is 4.74 Å². The Balaban J connectivity index is 2.24. The lowest BCUT2D eigenvalue weighted by molar-refractivity contribution is 0.0528. The summed E-state index contributed by atoms with van der Waals surface area (Å²) in [7, 11) is 0. The van der Waals surface area contributed by atoms with E-state index in [2.05, 4.69) is 10.6 Å². The Labute approximate surface area is 125 Å². The fourth-order valence-corrected chi connectivity index (χ4v) is 1.95. The van der Waals surface area contributed by atoms with Crippen molar-refractivity contribution < 1.29 is 9.53 Å². The highest BCUT2D eigenvalue weighted by Crippen LogP contribution is 2.24. The van der Waals surface area contributed by atoms with Crippen molar-refractivity contribution in [2.45, 2.75) is 39.7 Å². The molecule has 1 aromatic carbocycles. The average Bonchev–Trinajstić information content (AvgIpc) is 2.29. The van der Waals surface area contributed by atoms with E-state index < -0.39 is 5.60 Å². The third-order valence-electron chi connectivity index (χ3n) is 2.55. The number of amides is 1. The molecule has 20 heavy (non-hydrogen) atoms. The lowest BCUT2D eigenvalue weighted by atomic mass is 10.2. The summed E-state index contributed by atoms with van der Waals surface area (Å²) in [6, 6.07) is 5.79. The zero-order valence-electron chi connectivity index (χ0n) is 12.5. The molecule has 0 heterocycles. The van der Waals surface area contributed by atoms with Crippen LogP contribution in [0.5, 0.6) is 0 Å². The predicted molar refractivity (Wildman–Crippen MR) is 83.5 cm³/mol. The summed E-state index contributed by atoms with van der Waals surface area (Å²) in [5.41, 5.74) is 1.60. The Hall–Kier alpha value is -1.42. The maximum atomic E-state index is 11.4. The highest BCUT2D eigenvalue weighted by molar-refractivity contribution is 6.33. The molecule has 5 heteroatoms. The van der Waals surface area contributed by atoms with E-state index in [1.165, 1.54) is 0 Å². The lowest BCUT2D eigenvalue weighted by Gasteiger charge is -2.19. The van der Waals surface area contributed by atoms with Crippen LogP contribution in [0.25, 0.3) is 0 Å². The molecule has 0 saturated carbocycles. The van der Waals surface area contributed by atoms with Crippen LogP contribution in [0.15, 0.2) is 18.2 Å². The summed E-state index contributed by atoms with van der Waals surface area (Å²) < 4.78 is 5.15. The number of hydrogen-bond donors (Lipinski definition) is 2. The van der Waals surface area contributed by atoms with Crippen molar-refractivity contribution in [3.8, 4) is 0 Å². The van der Waals surface area contributed by atoms with Gasteiger partial charge in [-0.1, -0.05) is 23.7 Å². The second-order valence-corrected chi connectivity index (χ2v) is 6.05. The second kappa shape index (κ2) is 7.39. The van der Waals surface area contributed by atoms with E-state index in [4.69, 9.17) is 16.3 Å². The summed E-state index contributed by atoms with van der Waals surface area (Å²) in [5, 5.41) is 6.71. The van der Waals surface area contributed by atoms with Gasteiger partial charge in [-0.2, -0.15) is 0 Å². The van der Waals surface area contributed by atoms with E-state index in [-0.39, 0.29) is 6.09 Å².